The maximum Gasteiger partial charge on any atom is 0.318 e. The number of thiazole rings is 1. The molecule has 0 radical (unpaired) electrons. The number of furan rings is 1. The molecule has 23 heavy (non-hydrogen) atoms. The molecule has 0 saturated carbocycles. The van der Waals surface area contributed by atoms with E-state index in [9.17, 15) is 4.79 Å². The zero-order valence-corrected chi connectivity index (χ0v) is 14.2. The third-order valence-electron chi connectivity index (χ3n) is 3.64. The molecule has 0 saturated heterocycles. The first-order chi connectivity index (χ1) is 11.0. The van der Waals surface area contributed by atoms with Gasteiger partial charge in [0.05, 0.1) is 23.3 Å². The summed E-state index contributed by atoms with van der Waals surface area (Å²) in [5.74, 6) is 0.765. The summed E-state index contributed by atoms with van der Waals surface area (Å²) in [5.41, 5.74) is 1.72. The summed E-state index contributed by atoms with van der Waals surface area (Å²) < 4.78 is 5.75. The maximum atomic E-state index is 12.3. The molecule has 0 aliphatic rings. The van der Waals surface area contributed by atoms with E-state index in [2.05, 4.69) is 10.3 Å². The first kappa shape index (κ1) is 15.6. The van der Waals surface area contributed by atoms with Gasteiger partial charge in [0.25, 0.3) is 0 Å². The standard InChI is InChI=1S/C17H19N3O2S/c1-11(15-10-23-12(2)19-15)18-17(21)20(3)9-14-8-13-6-4-5-7-16(13)22-14/h4-8,10-11H,9H2,1-3H3,(H,18,21)/t11-/m0/s1. The van der Waals surface area contributed by atoms with Gasteiger partial charge in [0.2, 0.25) is 0 Å². The van der Waals surface area contributed by atoms with Crippen molar-refractivity contribution in [2.24, 2.45) is 0 Å². The Morgan fingerprint density at radius 2 is 2.22 bits per heavy atom. The molecule has 1 atom stereocenters. The lowest BCUT2D eigenvalue weighted by atomic mass is 10.2. The van der Waals surface area contributed by atoms with Crippen LogP contribution in [0.4, 0.5) is 4.79 Å². The monoisotopic (exact) mass is 329 g/mol. The number of hydrogen-bond acceptors (Lipinski definition) is 4. The van der Waals surface area contributed by atoms with Crippen LogP contribution in [0, 0.1) is 6.92 Å². The Kier molecular flexibility index (Phi) is 4.34. The Morgan fingerprint density at radius 1 is 1.43 bits per heavy atom. The zero-order valence-electron chi connectivity index (χ0n) is 13.4. The average molecular weight is 329 g/mol. The molecular formula is C17H19N3O2S. The zero-order chi connectivity index (χ0) is 16.4. The van der Waals surface area contributed by atoms with Crippen LogP contribution in [0.3, 0.4) is 0 Å². The van der Waals surface area contributed by atoms with Crippen LogP contribution in [0.25, 0.3) is 11.0 Å². The van der Waals surface area contributed by atoms with Crippen molar-refractivity contribution in [3.05, 3.63) is 52.2 Å². The lowest BCUT2D eigenvalue weighted by Crippen LogP contribution is -2.38. The minimum atomic E-state index is -0.149. The second-order valence-corrected chi connectivity index (χ2v) is 6.63. The van der Waals surface area contributed by atoms with Crippen LogP contribution in [-0.2, 0) is 6.54 Å². The number of rotatable bonds is 4. The number of carbonyl (C=O) groups excluding carboxylic acids is 1. The normalized spacial score (nSPS) is 12.3. The second kappa shape index (κ2) is 6.42. The maximum absolute atomic E-state index is 12.3. The molecule has 0 unspecified atom stereocenters. The molecule has 120 valence electrons. The summed E-state index contributed by atoms with van der Waals surface area (Å²) in [6.07, 6.45) is 0. The summed E-state index contributed by atoms with van der Waals surface area (Å²) in [4.78, 5) is 18.3. The Labute approximate surface area is 138 Å². The quantitative estimate of drug-likeness (QED) is 0.784. The van der Waals surface area contributed by atoms with Gasteiger partial charge >= 0.3 is 6.03 Å². The average Bonchev–Trinajstić information content (AvgIpc) is 3.12. The number of aryl methyl sites for hydroxylation is 1. The van der Waals surface area contributed by atoms with E-state index in [1.807, 2.05) is 49.6 Å². The van der Waals surface area contributed by atoms with Gasteiger partial charge in [0, 0.05) is 17.8 Å². The third kappa shape index (κ3) is 3.53. The smallest absolute Gasteiger partial charge is 0.318 e. The predicted molar refractivity (Wildman–Crippen MR) is 91.5 cm³/mol. The van der Waals surface area contributed by atoms with Gasteiger partial charge < -0.3 is 14.6 Å². The van der Waals surface area contributed by atoms with Crippen molar-refractivity contribution < 1.29 is 9.21 Å². The highest BCUT2D eigenvalue weighted by atomic mass is 32.1. The van der Waals surface area contributed by atoms with Gasteiger partial charge in [-0.2, -0.15) is 0 Å². The van der Waals surface area contributed by atoms with E-state index in [1.165, 1.54) is 0 Å². The number of nitrogens with zero attached hydrogens (tertiary/aromatic N) is 2. The largest absolute Gasteiger partial charge is 0.459 e. The Hall–Kier alpha value is -2.34. The summed E-state index contributed by atoms with van der Waals surface area (Å²) in [7, 11) is 1.75. The minimum absolute atomic E-state index is 0.120. The number of para-hydroxylation sites is 1. The van der Waals surface area contributed by atoms with Crippen LogP contribution in [0.2, 0.25) is 0 Å². The van der Waals surface area contributed by atoms with Gasteiger partial charge in [-0.25, -0.2) is 9.78 Å². The van der Waals surface area contributed by atoms with E-state index >= 15 is 0 Å². The fraction of sp³-hybridized carbons (Fsp3) is 0.294. The van der Waals surface area contributed by atoms with Crippen LogP contribution < -0.4 is 5.32 Å². The Morgan fingerprint density at radius 3 is 2.91 bits per heavy atom. The van der Waals surface area contributed by atoms with Crippen molar-refractivity contribution in [3.63, 3.8) is 0 Å². The van der Waals surface area contributed by atoms with Crippen LogP contribution in [0.15, 0.2) is 40.1 Å². The molecule has 0 aliphatic carbocycles. The van der Waals surface area contributed by atoms with E-state index in [-0.39, 0.29) is 12.1 Å². The van der Waals surface area contributed by atoms with Gasteiger partial charge in [0.15, 0.2) is 0 Å². The van der Waals surface area contributed by atoms with Crippen molar-refractivity contribution >= 4 is 28.3 Å². The molecule has 1 aromatic carbocycles. The molecule has 0 fully saturated rings. The predicted octanol–water partition coefficient (Wildman–Crippen LogP) is 4.10. The summed E-state index contributed by atoms with van der Waals surface area (Å²) in [6.45, 7) is 4.31. The van der Waals surface area contributed by atoms with E-state index in [0.29, 0.717) is 6.54 Å². The van der Waals surface area contributed by atoms with Gasteiger partial charge in [-0.05, 0) is 26.0 Å². The van der Waals surface area contributed by atoms with Gasteiger partial charge in [0.1, 0.15) is 11.3 Å². The first-order valence-electron chi connectivity index (χ1n) is 7.44. The minimum Gasteiger partial charge on any atom is -0.459 e. The molecular weight excluding hydrogens is 310 g/mol. The van der Waals surface area contributed by atoms with Gasteiger partial charge in [-0.1, -0.05) is 18.2 Å². The lowest BCUT2D eigenvalue weighted by molar-refractivity contribution is 0.200. The summed E-state index contributed by atoms with van der Waals surface area (Å²) >= 11 is 1.58. The number of hydrogen-bond donors (Lipinski definition) is 1. The number of nitrogens with one attached hydrogen (secondary N) is 1. The number of aromatic nitrogens is 1. The van der Waals surface area contributed by atoms with Crippen LogP contribution in [-0.4, -0.2) is 23.0 Å². The van der Waals surface area contributed by atoms with Gasteiger partial charge in [-0.3, -0.25) is 0 Å². The molecule has 5 nitrogen and oxygen atoms in total. The number of amides is 2. The lowest BCUT2D eigenvalue weighted by Gasteiger charge is -2.19. The Balaban J connectivity index is 1.63. The highest BCUT2D eigenvalue weighted by molar-refractivity contribution is 7.09. The summed E-state index contributed by atoms with van der Waals surface area (Å²) in [5, 5.41) is 6.97. The molecule has 1 N–H and O–H groups in total. The first-order valence-corrected chi connectivity index (χ1v) is 8.32. The van der Waals surface area contributed by atoms with Crippen LogP contribution in [0.5, 0.6) is 0 Å². The van der Waals surface area contributed by atoms with E-state index in [4.69, 9.17) is 4.42 Å². The van der Waals surface area contributed by atoms with Crippen molar-refractivity contribution in [2.45, 2.75) is 26.4 Å². The van der Waals surface area contributed by atoms with E-state index < -0.39 is 0 Å². The molecule has 0 bridgehead atoms. The van der Waals surface area contributed by atoms with Crippen molar-refractivity contribution in [2.75, 3.05) is 7.05 Å². The second-order valence-electron chi connectivity index (χ2n) is 5.57. The van der Waals surface area contributed by atoms with Crippen molar-refractivity contribution in [1.82, 2.24) is 15.2 Å². The number of carbonyl (C=O) groups is 1. The van der Waals surface area contributed by atoms with E-state index in [0.717, 1.165) is 27.4 Å². The third-order valence-corrected chi connectivity index (χ3v) is 4.43. The SMILES string of the molecule is Cc1nc([C@H](C)NC(=O)N(C)Cc2cc3ccccc3o2)cs1. The van der Waals surface area contributed by atoms with E-state index in [1.54, 1.807) is 23.3 Å². The van der Waals surface area contributed by atoms with Crippen molar-refractivity contribution in [1.29, 1.82) is 0 Å². The highest BCUT2D eigenvalue weighted by Crippen LogP contribution is 2.20. The molecule has 2 amide bonds. The molecule has 6 heteroatoms. The number of urea groups is 1. The fourth-order valence-corrected chi connectivity index (χ4v) is 3.07. The number of benzene rings is 1. The highest BCUT2D eigenvalue weighted by Gasteiger charge is 2.16. The molecule has 3 aromatic rings. The van der Waals surface area contributed by atoms with Crippen LogP contribution in [0.1, 0.15) is 29.4 Å². The molecule has 2 aromatic heterocycles. The molecule has 0 aliphatic heterocycles. The fourth-order valence-electron chi connectivity index (χ4n) is 2.37. The molecule has 0 spiro atoms. The van der Waals surface area contributed by atoms with Crippen molar-refractivity contribution in [3.8, 4) is 0 Å². The molecule has 2 heterocycles. The summed E-state index contributed by atoms with van der Waals surface area (Å²) in [6, 6.07) is 9.51. The molecule has 3 rings (SSSR count). The topological polar surface area (TPSA) is 58.4 Å². The Bertz CT molecular complexity index is 791. The van der Waals surface area contributed by atoms with Gasteiger partial charge in [-0.15, -0.1) is 11.3 Å². The van der Waals surface area contributed by atoms with Crippen LogP contribution >= 0.6 is 11.3 Å². The number of fused-ring (bicyclic) bond motifs is 1.